The third-order valence-electron chi connectivity index (χ3n) is 3.94. The fourth-order valence-corrected chi connectivity index (χ4v) is 2.60. The van der Waals surface area contributed by atoms with Gasteiger partial charge in [-0.05, 0) is 38.7 Å². The molecule has 0 radical (unpaired) electrons. The lowest BCUT2D eigenvalue weighted by Gasteiger charge is -2.36. The van der Waals surface area contributed by atoms with Crippen molar-refractivity contribution in [2.75, 3.05) is 13.7 Å². The molecule has 0 spiro atoms. The summed E-state index contributed by atoms with van der Waals surface area (Å²) in [5.74, 6) is -0.275. The quantitative estimate of drug-likeness (QED) is 0.509. The third-order valence-corrected chi connectivity index (χ3v) is 3.94. The van der Waals surface area contributed by atoms with E-state index < -0.39 is 0 Å². The molecule has 1 rings (SSSR count). The molecule has 1 aliphatic rings. The zero-order valence-corrected chi connectivity index (χ0v) is 13.5. The van der Waals surface area contributed by atoms with Crippen LogP contribution in [-0.2, 0) is 19.1 Å². The van der Waals surface area contributed by atoms with Crippen molar-refractivity contribution >= 4 is 12.4 Å². The van der Waals surface area contributed by atoms with Gasteiger partial charge in [-0.25, -0.2) is 4.79 Å². The Morgan fingerprint density at radius 2 is 2.10 bits per heavy atom. The summed E-state index contributed by atoms with van der Waals surface area (Å²) in [6, 6.07) is -0.0266. The van der Waals surface area contributed by atoms with E-state index in [9.17, 15) is 9.59 Å². The first-order chi connectivity index (χ1) is 10.1. The molecule has 0 aromatic heterocycles. The molecule has 0 saturated heterocycles. The van der Waals surface area contributed by atoms with E-state index in [2.05, 4.69) is 13.8 Å². The van der Waals surface area contributed by atoms with Crippen molar-refractivity contribution < 1.29 is 19.1 Å². The predicted octanol–water partition coefficient (Wildman–Crippen LogP) is 2.30. The van der Waals surface area contributed by atoms with Gasteiger partial charge in [0.15, 0.2) is 0 Å². The first kappa shape index (κ1) is 17.7. The standard InChI is InChI=1S/C16H27NO4/c1-5-13(6-2)21-15-10-12(16(19)20-7-3)8-9-14(15)17(4)11-18/h10-11,13-15H,5-9H2,1-4H3/t14-,15-/m1/s1. The number of rotatable bonds is 8. The number of nitrogens with zero attached hydrogens (tertiary/aromatic N) is 1. The summed E-state index contributed by atoms with van der Waals surface area (Å²) in [6.45, 7) is 6.31. The lowest BCUT2D eigenvalue weighted by molar-refractivity contribution is -0.139. The van der Waals surface area contributed by atoms with E-state index >= 15 is 0 Å². The molecule has 0 bridgehead atoms. The van der Waals surface area contributed by atoms with Gasteiger partial charge in [-0.3, -0.25) is 4.79 Å². The second-order valence-electron chi connectivity index (χ2n) is 5.33. The van der Waals surface area contributed by atoms with Crippen molar-refractivity contribution in [2.24, 2.45) is 0 Å². The van der Waals surface area contributed by atoms with E-state index in [1.54, 1.807) is 18.9 Å². The van der Waals surface area contributed by atoms with Gasteiger partial charge in [0.1, 0.15) is 0 Å². The molecule has 5 nitrogen and oxygen atoms in total. The van der Waals surface area contributed by atoms with Gasteiger partial charge in [0.05, 0.1) is 24.9 Å². The smallest absolute Gasteiger partial charge is 0.333 e. The number of carbonyl (C=O) groups excluding carboxylic acids is 2. The SMILES string of the molecule is CCOC(=O)C1=C[C@@H](OC(CC)CC)[C@H](N(C)C=O)CC1. The topological polar surface area (TPSA) is 55.8 Å². The molecule has 5 heteroatoms. The summed E-state index contributed by atoms with van der Waals surface area (Å²) in [7, 11) is 1.75. The number of carbonyl (C=O) groups is 2. The normalized spacial score (nSPS) is 21.9. The molecule has 0 unspecified atom stereocenters. The molecule has 1 aliphatic carbocycles. The highest BCUT2D eigenvalue weighted by atomic mass is 16.5. The van der Waals surface area contributed by atoms with Crippen molar-refractivity contribution in [1.29, 1.82) is 0 Å². The summed E-state index contributed by atoms with van der Waals surface area (Å²) < 4.78 is 11.2. The van der Waals surface area contributed by atoms with Crippen molar-refractivity contribution in [3.8, 4) is 0 Å². The molecular weight excluding hydrogens is 270 g/mol. The number of esters is 1. The number of ether oxygens (including phenoxy) is 2. The second kappa shape index (κ2) is 8.82. The van der Waals surface area contributed by atoms with E-state index in [1.165, 1.54) is 0 Å². The highest BCUT2D eigenvalue weighted by Gasteiger charge is 2.32. The third kappa shape index (κ3) is 4.84. The minimum Gasteiger partial charge on any atom is -0.463 e. The summed E-state index contributed by atoms with van der Waals surface area (Å²) in [6.07, 6.45) is 5.69. The van der Waals surface area contributed by atoms with Crippen LogP contribution in [0.25, 0.3) is 0 Å². The van der Waals surface area contributed by atoms with Crippen LogP contribution in [-0.4, -0.2) is 49.2 Å². The van der Waals surface area contributed by atoms with Gasteiger partial charge in [-0.15, -0.1) is 0 Å². The summed E-state index contributed by atoms with van der Waals surface area (Å²) >= 11 is 0. The maximum Gasteiger partial charge on any atom is 0.333 e. The Kier molecular flexibility index (Phi) is 7.43. The molecule has 0 aliphatic heterocycles. The molecule has 0 fully saturated rings. The molecule has 21 heavy (non-hydrogen) atoms. The summed E-state index contributed by atoms with van der Waals surface area (Å²) in [4.78, 5) is 24.6. The maximum atomic E-state index is 11.9. The highest BCUT2D eigenvalue weighted by molar-refractivity contribution is 5.88. The van der Waals surface area contributed by atoms with Crippen molar-refractivity contribution in [3.63, 3.8) is 0 Å². The Morgan fingerprint density at radius 1 is 1.43 bits per heavy atom. The van der Waals surface area contributed by atoms with Crippen LogP contribution in [0.5, 0.6) is 0 Å². The summed E-state index contributed by atoms with van der Waals surface area (Å²) in [5, 5.41) is 0. The average Bonchev–Trinajstić information content (AvgIpc) is 2.51. The maximum absolute atomic E-state index is 11.9. The van der Waals surface area contributed by atoms with Crippen LogP contribution in [0.15, 0.2) is 11.6 Å². The van der Waals surface area contributed by atoms with Crippen LogP contribution in [0.1, 0.15) is 46.5 Å². The van der Waals surface area contributed by atoms with Gasteiger partial charge in [0, 0.05) is 12.6 Å². The monoisotopic (exact) mass is 297 g/mol. The molecular formula is C16H27NO4. The predicted molar refractivity (Wildman–Crippen MR) is 80.8 cm³/mol. The minimum atomic E-state index is -0.275. The molecule has 2 atom stereocenters. The lowest BCUT2D eigenvalue weighted by Crippen LogP contribution is -2.45. The lowest BCUT2D eigenvalue weighted by atomic mass is 9.91. The molecule has 0 aromatic carbocycles. The Hall–Kier alpha value is -1.36. The number of amides is 1. The van der Waals surface area contributed by atoms with Crippen LogP contribution in [0.2, 0.25) is 0 Å². The molecule has 1 amide bonds. The van der Waals surface area contributed by atoms with Crippen LogP contribution in [0.3, 0.4) is 0 Å². The van der Waals surface area contributed by atoms with Gasteiger partial charge < -0.3 is 14.4 Å². The first-order valence-electron chi connectivity index (χ1n) is 7.77. The second-order valence-corrected chi connectivity index (χ2v) is 5.33. The van der Waals surface area contributed by atoms with Gasteiger partial charge in [-0.2, -0.15) is 0 Å². The van der Waals surface area contributed by atoms with Crippen LogP contribution < -0.4 is 0 Å². The van der Waals surface area contributed by atoms with E-state index in [-0.39, 0.29) is 24.2 Å². The largest absolute Gasteiger partial charge is 0.463 e. The van der Waals surface area contributed by atoms with E-state index in [1.807, 2.05) is 6.08 Å². The Balaban J connectivity index is 2.90. The minimum absolute atomic E-state index is 0.0266. The van der Waals surface area contributed by atoms with Gasteiger partial charge in [0.2, 0.25) is 6.41 Å². The highest BCUT2D eigenvalue weighted by Crippen LogP contribution is 2.26. The zero-order chi connectivity index (χ0) is 15.8. The zero-order valence-electron chi connectivity index (χ0n) is 13.5. The van der Waals surface area contributed by atoms with Crippen molar-refractivity contribution in [2.45, 2.75) is 64.7 Å². The van der Waals surface area contributed by atoms with Crippen molar-refractivity contribution in [1.82, 2.24) is 4.90 Å². The molecule has 0 aromatic rings. The van der Waals surface area contributed by atoms with E-state index in [0.717, 1.165) is 19.3 Å². The van der Waals surface area contributed by atoms with Gasteiger partial charge >= 0.3 is 5.97 Å². The van der Waals surface area contributed by atoms with E-state index in [4.69, 9.17) is 9.47 Å². The number of likely N-dealkylation sites (N-methyl/N-ethyl adjacent to an activating group) is 1. The van der Waals surface area contributed by atoms with Crippen LogP contribution >= 0.6 is 0 Å². The first-order valence-corrected chi connectivity index (χ1v) is 7.77. The summed E-state index contributed by atoms with van der Waals surface area (Å²) in [5.41, 5.74) is 0.656. The molecule has 0 N–H and O–H groups in total. The van der Waals surface area contributed by atoms with Gasteiger partial charge in [-0.1, -0.05) is 13.8 Å². The Bertz CT molecular complexity index is 376. The Morgan fingerprint density at radius 3 is 2.62 bits per heavy atom. The average molecular weight is 297 g/mol. The van der Waals surface area contributed by atoms with Crippen molar-refractivity contribution in [3.05, 3.63) is 11.6 Å². The van der Waals surface area contributed by atoms with Gasteiger partial charge in [0.25, 0.3) is 0 Å². The number of hydrogen-bond acceptors (Lipinski definition) is 4. The van der Waals surface area contributed by atoms with Crippen LogP contribution in [0.4, 0.5) is 0 Å². The molecule has 0 saturated carbocycles. The van der Waals surface area contributed by atoms with Crippen LogP contribution in [0, 0.1) is 0 Å². The molecule has 0 heterocycles. The van der Waals surface area contributed by atoms with E-state index in [0.29, 0.717) is 25.0 Å². The fourth-order valence-electron chi connectivity index (χ4n) is 2.60. The fraction of sp³-hybridized carbons (Fsp3) is 0.750. The Labute approximate surface area is 127 Å². The molecule has 120 valence electrons. The number of hydrogen-bond donors (Lipinski definition) is 0.